The van der Waals surface area contributed by atoms with Crippen molar-refractivity contribution in [2.45, 2.75) is 32.4 Å². The van der Waals surface area contributed by atoms with Crippen molar-refractivity contribution in [2.75, 3.05) is 21.3 Å². The maximum absolute atomic E-state index is 11.8. The number of hydrogen-bond donors (Lipinski definition) is 2. The summed E-state index contributed by atoms with van der Waals surface area (Å²) in [7, 11) is 4.70. The monoisotopic (exact) mass is 296 g/mol. The van der Waals surface area contributed by atoms with Crippen LogP contribution >= 0.6 is 0 Å². The van der Waals surface area contributed by atoms with E-state index in [0.29, 0.717) is 36.6 Å². The van der Waals surface area contributed by atoms with Crippen molar-refractivity contribution in [1.82, 2.24) is 5.32 Å². The van der Waals surface area contributed by atoms with Crippen molar-refractivity contribution in [3.8, 4) is 17.2 Å². The summed E-state index contributed by atoms with van der Waals surface area (Å²) in [5.41, 5.74) is 6.41. The van der Waals surface area contributed by atoms with Crippen molar-refractivity contribution in [1.29, 1.82) is 0 Å². The van der Waals surface area contributed by atoms with E-state index in [0.717, 1.165) is 5.56 Å². The van der Waals surface area contributed by atoms with Crippen LogP contribution in [0.4, 0.5) is 0 Å². The van der Waals surface area contributed by atoms with Crippen LogP contribution in [0.2, 0.25) is 0 Å². The number of carbonyl (C=O) groups excluding carboxylic acids is 1. The Kier molecular flexibility index (Phi) is 6.81. The number of benzene rings is 1. The molecule has 6 nitrogen and oxygen atoms in total. The van der Waals surface area contributed by atoms with Crippen molar-refractivity contribution < 1.29 is 19.0 Å². The van der Waals surface area contributed by atoms with E-state index in [1.54, 1.807) is 33.5 Å². The van der Waals surface area contributed by atoms with Crippen LogP contribution in [0.1, 0.15) is 25.3 Å². The molecule has 3 N–H and O–H groups in total. The van der Waals surface area contributed by atoms with Crippen molar-refractivity contribution in [2.24, 2.45) is 5.73 Å². The molecule has 118 valence electrons. The highest BCUT2D eigenvalue weighted by Gasteiger charge is 2.14. The lowest BCUT2D eigenvalue weighted by atomic mass is 10.1. The fraction of sp³-hybridized carbons (Fsp3) is 0.533. The van der Waals surface area contributed by atoms with E-state index in [9.17, 15) is 4.79 Å². The van der Waals surface area contributed by atoms with Gasteiger partial charge >= 0.3 is 0 Å². The number of carbonyl (C=O) groups is 1. The van der Waals surface area contributed by atoms with Gasteiger partial charge in [-0.2, -0.15) is 0 Å². The van der Waals surface area contributed by atoms with Gasteiger partial charge in [0.2, 0.25) is 5.91 Å². The molecule has 0 aliphatic rings. The highest BCUT2D eigenvalue weighted by molar-refractivity contribution is 5.76. The Hall–Kier alpha value is -1.95. The average Bonchev–Trinajstić information content (AvgIpc) is 2.49. The lowest BCUT2D eigenvalue weighted by Crippen LogP contribution is -2.25. The first-order valence-electron chi connectivity index (χ1n) is 6.83. The van der Waals surface area contributed by atoms with Crippen LogP contribution in [-0.2, 0) is 11.3 Å². The minimum absolute atomic E-state index is 0.0146. The molecule has 0 heterocycles. The molecule has 0 spiro atoms. The predicted molar refractivity (Wildman–Crippen MR) is 80.8 cm³/mol. The largest absolute Gasteiger partial charge is 0.496 e. The van der Waals surface area contributed by atoms with Crippen molar-refractivity contribution in [3.63, 3.8) is 0 Å². The summed E-state index contributed by atoms with van der Waals surface area (Å²) in [4.78, 5) is 11.8. The van der Waals surface area contributed by atoms with Crippen LogP contribution in [0, 0.1) is 0 Å². The number of hydrogen-bond acceptors (Lipinski definition) is 5. The van der Waals surface area contributed by atoms with E-state index >= 15 is 0 Å². The molecule has 1 aromatic rings. The Labute approximate surface area is 125 Å². The minimum Gasteiger partial charge on any atom is -0.496 e. The van der Waals surface area contributed by atoms with Crippen LogP contribution in [0.25, 0.3) is 0 Å². The summed E-state index contributed by atoms with van der Waals surface area (Å²) < 4.78 is 15.8. The molecule has 0 aliphatic carbocycles. The molecule has 0 radical (unpaired) electrons. The Morgan fingerprint density at radius 2 is 1.76 bits per heavy atom. The molecule has 1 amide bonds. The van der Waals surface area contributed by atoms with Crippen molar-refractivity contribution >= 4 is 5.91 Å². The molecule has 1 rings (SSSR count). The van der Waals surface area contributed by atoms with Crippen LogP contribution in [0.15, 0.2) is 12.1 Å². The highest BCUT2D eigenvalue weighted by Crippen LogP contribution is 2.33. The zero-order valence-corrected chi connectivity index (χ0v) is 13.1. The molecule has 1 atom stereocenters. The van der Waals surface area contributed by atoms with Crippen LogP contribution in [0.3, 0.4) is 0 Å². The Morgan fingerprint density at radius 1 is 1.19 bits per heavy atom. The molecular formula is C15H24N2O4. The number of nitrogens with two attached hydrogens (primary N) is 1. The van der Waals surface area contributed by atoms with Gasteiger partial charge in [0, 0.05) is 24.6 Å². The number of amides is 1. The van der Waals surface area contributed by atoms with Gasteiger partial charge in [0.25, 0.3) is 0 Å². The first-order valence-corrected chi connectivity index (χ1v) is 6.83. The zero-order chi connectivity index (χ0) is 15.8. The van der Waals surface area contributed by atoms with Crippen molar-refractivity contribution in [3.05, 3.63) is 17.7 Å². The van der Waals surface area contributed by atoms with Gasteiger partial charge in [-0.25, -0.2) is 0 Å². The third kappa shape index (κ3) is 5.15. The normalized spacial score (nSPS) is 11.7. The van der Waals surface area contributed by atoms with E-state index in [2.05, 4.69) is 5.32 Å². The summed E-state index contributed by atoms with van der Waals surface area (Å²) in [5, 5.41) is 2.85. The summed E-state index contributed by atoms with van der Waals surface area (Å²) >= 11 is 0. The van der Waals surface area contributed by atoms with Crippen LogP contribution < -0.4 is 25.3 Å². The summed E-state index contributed by atoms with van der Waals surface area (Å²) in [6.07, 6.45) is 1.06. The van der Waals surface area contributed by atoms with Gasteiger partial charge in [0.15, 0.2) is 0 Å². The van der Waals surface area contributed by atoms with Gasteiger partial charge < -0.3 is 25.3 Å². The molecule has 1 aromatic carbocycles. The predicted octanol–water partition coefficient (Wildman–Crippen LogP) is 1.46. The lowest BCUT2D eigenvalue weighted by Gasteiger charge is -2.15. The second-order valence-corrected chi connectivity index (χ2v) is 4.80. The number of methoxy groups -OCH3 is 3. The molecule has 21 heavy (non-hydrogen) atoms. The van der Waals surface area contributed by atoms with Crippen LogP contribution in [0.5, 0.6) is 17.2 Å². The van der Waals surface area contributed by atoms with E-state index in [1.807, 2.05) is 6.92 Å². The fourth-order valence-corrected chi connectivity index (χ4v) is 1.89. The molecule has 0 saturated heterocycles. The van der Waals surface area contributed by atoms with Crippen LogP contribution in [-0.4, -0.2) is 33.3 Å². The maximum Gasteiger partial charge on any atom is 0.220 e. The molecule has 0 unspecified atom stereocenters. The Morgan fingerprint density at radius 3 is 2.19 bits per heavy atom. The summed E-state index contributed by atoms with van der Waals surface area (Å²) in [5.74, 6) is 1.81. The Bertz CT molecular complexity index is 450. The SMILES string of the molecule is COc1cc(OC)c(CNC(=O)CC[C@@H](C)N)c(OC)c1. The fourth-order valence-electron chi connectivity index (χ4n) is 1.89. The van der Waals surface area contributed by atoms with Gasteiger partial charge in [-0.3, -0.25) is 4.79 Å². The highest BCUT2D eigenvalue weighted by atomic mass is 16.5. The first-order chi connectivity index (χ1) is 10.0. The Balaban J connectivity index is 2.79. The first kappa shape index (κ1) is 17.1. The smallest absolute Gasteiger partial charge is 0.220 e. The molecule has 0 aliphatic heterocycles. The second kappa shape index (κ2) is 8.36. The molecule has 6 heteroatoms. The number of rotatable bonds is 8. The zero-order valence-electron chi connectivity index (χ0n) is 13.1. The molecule has 0 aromatic heterocycles. The van der Waals surface area contributed by atoms with Gasteiger partial charge in [-0.1, -0.05) is 0 Å². The topological polar surface area (TPSA) is 82.8 Å². The average molecular weight is 296 g/mol. The summed E-state index contributed by atoms with van der Waals surface area (Å²) in [6.45, 7) is 2.21. The minimum atomic E-state index is -0.0489. The van der Waals surface area contributed by atoms with Gasteiger partial charge in [0.1, 0.15) is 17.2 Å². The summed E-state index contributed by atoms with van der Waals surface area (Å²) in [6, 6.07) is 3.53. The third-order valence-corrected chi connectivity index (χ3v) is 3.11. The molecule has 0 bridgehead atoms. The van der Waals surface area contributed by atoms with E-state index < -0.39 is 0 Å². The van der Waals surface area contributed by atoms with Gasteiger partial charge in [-0.15, -0.1) is 0 Å². The van der Waals surface area contributed by atoms with E-state index in [1.165, 1.54) is 0 Å². The molecular weight excluding hydrogens is 272 g/mol. The quantitative estimate of drug-likeness (QED) is 0.759. The second-order valence-electron chi connectivity index (χ2n) is 4.80. The lowest BCUT2D eigenvalue weighted by molar-refractivity contribution is -0.121. The van der Waals surface area contributed by atoms with Gasteiger partial charge in [0.05, 0.1) is 33.4 Å². The maximum atomic E-state index is 11.8. The van der Waals surface area contributed by atoms with E-state index in [-0.39, 0.29) is 11.9 Å². The molecule has 0 fully saturated rings. The van der Waals surface area contributed by atoms with Gasteiger partial charge in [-0.05, 0) is 13.3 Å². The molecule has 0 saturated carbocycles. The number of nitrogens with one attached hydrogen (secondary N) is 1. The number of ether oxygens (including phenoxy) is 3. The third-order valence-electron chi connectivity index (χ3n) is 3.11. The van der Waals surface area contributed by atoms with E-state index in [4.69, 9.17) is 19.9 Å². The standard InChI is InChI=1S/C15H24N2O4/c1-10(16)5-6-15(18)17-9-12-13(20-3)7-11(19-2)8-14(12)21-4/h7-8,10H,5-6,9,16H2,1-4H3,(H,17,18)/t10-/m1/s1.